The number of rotatable bonds is 6. The molecule has 5 nitrogen and oxygen atoms in total. The number of hydrogen-bond donors (Lipinski definition) is 1. The minimum absolute atomic E-state index is 0.300. The number of para-hydroxylation sites is 1. The van der Waals surface area contributed by atoms with Crippen molar-refractivity contribution in [3.8, 4) is 22.8 Å². The molecule has 0 aliphatic carbocycles. The van der Waals surface area contributed by atoms with Crippen LogP contribution in [0, 0.1) is 6.92 Å². The van der Waals surface area contributed by atoms with Gasteiger partial charge in [-0.1, -0.05) is 55.0 Å². The third-order valence-corrected chi connectivity index (χ3v) is 3.94. The van der Waals surface area contributed by atoms with E-state index in [4.69, 9.17) is 4.74 Å². The zero-order chi connectivity index (χ0) is 17.8. The van der Waals surface area contributed by atoms with Gasteiger partial charge in [-0.05, 0) is 25.5 Å². The van der Waals surface area contributed by atoms with Crippen LogP contribution >= 0.6 is 0 Å². The van der Waals surface area contributed by atoms with Crippen LogP contribution in [0.25, 0.3) is 16.9 Å². The van der Waals surface area contributed by atoms with Crippen LogP contribution in [0.3, 0.4) is 0 Å². The predicted octanol–water partition coefficient (Wildman–Crippen LogP) is 4.09. The fraction of sp³-hybridized carbons (Fsp3) is 0.200. The average molecular weight is 336 g/mol. The van der Waals surface area contributed by atoms with Gasteiger partial charge in [0.1, 0.15) is 0 Å². The van der Waals surface area contributed by atoms with E-state index in [-0.39, 0.29) is 0 Å². The summed E-state index contributed by atoms with van der Waals surface area (Å²) in [6.07, 6.45) is -0.544. The molecule has 128 valence electrons. The Morgan fingerprint density at radius 1 is 1.16 bits per heavy atom. The zero-order valence-corrected chi connectivity index (χ0v) is 14.2. The largest absolute Gasteiger partial charge is 0.479 e. The second-order valence-corrected chi connectivity index (χ2v) is 5.83. The maximum Gasteiger partial charge on any atom is 0.344 e. The number of carbonyl (C=O) groups is 1. The Balaban J connectivity index is 2.05. The van der Waals surface area contributed by atoms with Gasteiger partial charge in [-0.2, -0.15) is 0 Å². The lowest BCUT2D eigenvalue weighted by atomic mass is 10.1. The number of aryl methyl sites for hydroxylation is 1. The predicted molar refractivity (Wildman–Crippen MR) is 96.1 cm³/mol. The summed E-state index contributed by atoms with van der Waals surface area (Å²) in [4.78, 5) is 11.2. The molecule has 0 saturated carbocycles. The summed E-state index contributed by atoms with van der Waals surface area (Å²) in [5, 5.41) is 13.7. The molecule has 0 saturated heterocycles. The standard InChI is InChI=1S/C20H20N2O3/c1-3-18(20(23)24)25-19-13-17(15-11-9-14(2)10-12-15)22(21-19)16-7-5-4-6-8-16/h4-13,18H,3H2,1-2H3,(H,23,24). The highest BCUT2D eigenvalue weighted by molar-refractivity contribution is 5.72. The lowest BCUT2D eigenvalue weighted by molar-refractivity contribution is -0.145. The van der Waals surface area contributed by atoms with Crippen LogP contribution in [0.15, 0.2) is 60.7 Å². The van der Waals surface area contributed by atoms with E-state index in [2.05, 4.69) is 5.10 Å². The van der Waals surface area contributed by atoms with E-state index >= 15 is 0 Å². The van der Waals surface area contributed by atoms with E-state index in [9.17, 15) is 9.90 Å². The molecule has 3 rings (SSSR count). The lowest BCUT2D eigenvalue weighted by Gasteiger charge is -2.10. The maximum atomic E-state index is 11.2. The number of nitrogens with zero attached hydrogens (tertiary/aromatic N) is 2. The summed E-state index contributed by atoms with van der Waals surface area (Å²) >= 11 is 0. The number of benzene rings is 2. The highest BCUT2D eigenvalue weighted by atomic mass is 16.5. The van der Waals surface area contributed by atoms with Gasteiger partial charge >= 0.3 is 5.97 Å². The quantitative estimate of drug-likeness (QED) is 0.736. The Morgan fingerprint density at radius 2 is 1.84 bits per heavy atom. The first kappa shape index (κ1) is 16.8. The van der Waals surface area contributed by atoms with Crippen molar-refractivity contribution in [2.24, 2.45) is 0 Å². The summed E-state index contributed by atoms with van der Waals surface area (Å²) in [6, 6.07) is 19.6. The van der Waals surface area contributed by atoms with Crippen LogP contribution in [0.4, 0.5) is 0 Å². The van der Waals surface area contributed by atoms with Gasteiger partial charge in [0.05, 0.1) is 11.4 Å². The van der Waals surface area contributed by atoms with Crippen molar-refractivity contribution in [2.45, 2.75) is 26.4 Å². The Kier molecular flexibility index (Phi) is 4.84. The van der Waals surface area contributed by atoms with Gasteiger partial charge in [0.15, 0.2) is 6.10 Å². The van der Waals surface area contributed by atoms with E-state index < -0.39 is 12.1 Å². The van der Waals surface area contributed by atoms with Crippen LogP contribution in [-0.4, -0.2) is 27.0 Å². The first-order chi connectivity index (χ1) is 12.1. The van der Waals surface area contributed by atoms with Crippen molar-refractivity contribution in [1.82, 2.24) is 9.78 Å². The molecular weight excluding hydrogens is 316 g/mol. The monoisotopic (exact) mass is 336 g/mol. The zero-order valence-electron chi connectivity index (χ0n) is 14.2. The molecule has 0 amide bonds. The van der Waals surface area contributed by atoms with Crippen molar-refractivity contribution in [1.29, 1.82) is 0 Å². The van der Waals surface area contributed by atoms with Gasteiger partial charge in [0.25, 0.3) is 0 Å². The topological polar surface area (TPSA) is 64.4 Å². The number of carboxylic acid groups (broad SMARTS) is 1. The number of aromatic nitrogens is 2. The highest BCUT2D eigenvalue weighted by Crippen LogP contribution is 2.28. The van der Waals surface area contributed by atoms with E-state index in [0.29, 0.717) is 12.3 Å². The number of ether oxygens (including phenoxy) is 1. The Morgan fingerprint density at radius 3 is 2.44 bits per heavy atom. The summed E-state index contributed by atoms with van der Waals surface area (Å²) in [6.45, 7) is 3.80. The van der Waals surface area contributed by atoms with Crippen molar-refractivity contribution in [3.63, 3.8) is 0 Å². The molecule has 3 aromatic rings. The van der Waals surface area contributed by atoms with Crippen LogP contribution in [0.2, 0.25) is 0 Å². The van der Waals surface area contributed by atoms with Gasteiger partial charge in [-0.25, -0.2) is 9.48 Å². The Bertz CT molecular complexity index is 854. The normalized spacial score (nSPS) is 11.9. The van der Waals surface area contributed by atoms with E-state index in [1.165, 1.54) is 5.56 Å². The fourth-order valence-electron chi connectivity index (χ4n) is 2.57. The lowest BCUT2D eigenvalue weighted by Crippen LogP contribution is -2.26. The number of hydrogen-bond acceptors (Lipinski definition) is 3. The van der Waals surface area contributed by atoms with Gasteiger partial charge < -0.3 is 9.84 Å². The van der Waals surface area contributed by atoms with Crippen LogP contribution in [-0.2, 0) is 4.79 Å². The van der Waals surface area contributed by atoms with E-state index in [0.717, 1.165) is 16.9 Å². The molecule has 25 heavy (non-hydrogen) atoms. The SMILES string of the molecule is CCC(Oc1cc(-c2ccc(C)cc2)n(-c2ccccc2)n1)C(=O)O. The van der Waals surface area contributed by atoms with Gasteiger partial charge in [-0.15, -0.1) is 5.10 Å². The summed E-state index contributed by atoms with van der Waals surface area (Å²) in [7, 11) is 0. The van der Waals surface area contributed by atoms with Crippen molar-refractivity contribution < 1.29 is 14.6 Å². The molecule has 1 heterocycles. The van der Waals surface area contributed by atoms with Gasteiger partial charge in [-0.3, -0.25) is 0 Å². The average Bonchev–Trinajstić information content (AvgIpc) is 3.05. The first-order valence-corrected chi connectivity index (χ1v) is 8.20. The van der Waals surface area contributed by atoms with E-state index in [1.807, 2.05) is 61.5 Å². The minimum Gasteiger partial charge on any atom is -0.479 e. The number of carboxylic acids is 1. The van der Waals surface area contributed by atoms with Crippen molar-refractivity contribution >= 4 is 5.97 Å². The molecule has 1 unspecified atom stereocenters. The third kappa shape index (κ3) is 3.71. The molecule has 2 aromatic carbocycles. The first-order valence-electron chi connectivity index (χ1n) is 8.20. The van der Waals surface area contributed by atoms with E-state index in [1.54, 1.807) is 17.7 Å². The Hall–Kier alpha value is -3.08. The summed E-state index contributed by atoms with van der Waals surface area (Å²) < 4.78 is 7.35. The van der Waals surface area contributed by atoms with Crippen molar-refractivity contribution in [2.75, 3.05) is 0 Å². The van der Waals surface area contributed by atoms with Gasteiger partial charge in [0, 0.05) is 11.6 Å². The minimum atomic E-state index is -0.992. The van der Waals surface area contributed by atoms with Gasteiger partial charge in [0.2, 0.25) is 5.88 Å². The smallest absolute Gasteiger partial charge is 0.344 e. The molecule has 0 radical (unpaired) electrons. The molecule has 0 aliphatic heterocycles. The van der Waals surface area contributed by atoms with Crippen LogP contribution in [0.5, 0.6) is 5.88 Å². The molecule has 0 bridgehead atoms. The van der Waals surface area contributed by atoms with Crippen LogP contribution in [0.1, 0.15) is 18.9 Å². The Labute approximate surface area is 146 Å². The molecule has 0 aliphatic rings. The second-order valence-electron chi connectivity index (χ2n) is 5.83. The molecule has 1 aromatic heterocycles. The summed E-state index contributed by atoms with van der Waals surface area (Å²) in [5.41, 5.74) is 3.89. The fourth-order valence-corrected chi connectivity index (χ4v) is 2.57. The molecule has 0 fully saturated rings. The third-order valence-electron chi connectivity index (χ3n) is 3.94. The van der Waals surface area contributed by atoms with Crippen LogP contribution < -0.4 is 4.74 Å². The van der Waals surface area contributed by atoms with Crippen molar-refractivity contribution in [3.05, 3.63) is 66.2 Å². The number of aliphatic carboxylic acids is 1. The molecule has 1 N–H and O–H groups in total. The molecular formula is C20H20N2O3. The molecule has 5 heteroatoms. The second kappa shape index (κ2) is 7.21. The maximum absolute atomic E-state index is 11.2. The summed E-state index contributed by atoms with van der Waals surface area (Å²) in [5.74, 6) is -0.692. The molecule has 1 atom stereocenters. The highest BCUT2D eigenvalue weighted by Gasteiger charge is 2.20. The molecule has 0 spiro atoms.